The van der Waals surface area contributed by atoms with E-state index in [0.717, 1.165) is 31.5 Å². The minimum Gasteiger partial charge on any atom is -0.312 e. The summed E-state index contributed by atoms with van der Waals surface area (Å²) in [4.78, 5) is 2.63. The zero-order chi connectivity index (χ0) is 13.9. The molecule has 1 aliphatic carbocycles. The molecule has 0 spiro atoms. The first-order chi connectivity index (χ1) is 9.80. The Bertz CT molecular complexity index is 436. The smallest absolute Gasteiger partial charge is 0.0625 e. The molecule has 4 heteroatoms. The SMILES string of the molecule is CCc1cc(CN2CCCNC(C3CC3)C2)n(CC)n1. The number of nitrogens with one attached hydrogen (secondary N) is 1. The van der Waals surface area contributed by atoms with Crippen molar-refractivity contribution in [3.05, 3.63) is 17.5 Å². The van der Waals surface area contributed by atoms with Crippen molar-refractivity contribution in [2.45, 2.75) is 58.7 Å². The van der Waals surface area contributed by atoms with Crippen LogP contribution in [0, 0.1) is 5.92 Å². The Morgan fingerprint density at radius 3 is 2.90 bits per heavy atom. The molecule has 1 atom stereocenters. The second kappa shape index (κ2) is 6.27. The molecule has 20 heavy (non-hydrogen) atoms. The fraction of sp³-hybridized carbons (Fsp3) is 0.812. The van der Waals surface area contributed by atoms with Gasteiger partial charge in [-0.2, -0.15) is 5.10 Å². The van der Waals surface area contributed by atoms with E-state index in [2.05, 4.69) is 39.9 Å². The maximum atomic E-state index is 4.68. The first-order valence-corrected chi connectivity index (χ1v) is 8.31. The molecule has 1 unspecified atom stereocenters. The number of hydrogen-bond donors (Lipinski definition) is 1. The summed E-state index contributed by atoms with van der Waals surface area (Å²) < 4.78 is 2.18. The van der Waals surface area contributed by atoms with Gasteiger partial charge in [0.1, 0.15) is 0 Å². The van der Waals surface area contributed by atoms with E-state index in [1.54, 1.807) is 0 Å². The molecular weight excluding hydrogens is 248 g/mol. The van der Waals surface area contributed by atoms with Crippen LogP contribution in [0.2, 0.25) is 0 Å². The molecule has 0 amide bonds. The Kier molecular flexibility index (Phi) is 4.41. The van der Waals surface area contributed by atoms with Crippen molar-refractivity contribution in [2.75, 3.05) is 19.6 Å². The largest absolute Gasteiger partial charge is 0.312 e. The van der Waals surface area contributed by atoms with Gasteiger partial charge >= 0.3 is 0 Å². The van der Waals surface area contributed by atoms with Crippen LogP contribution in [0.1, 0.15) is 44.5 Å². The monoisotopic (exact) mass is 276 g/mol. The van der Waals surface area contributed by atoms with E-state index < -0.39 is 0 Å². The van der Waals surface area contributed by atoms with E-state index in [1.165, 1.54) is 50.3 Å². The molecule has 0 aromatic carbocycles. The molecule has 112 valence electrons. The van der Waals surface area contributed by atoms with E-state index in [1.807, 2.05) is 0 Å². The van der Waals surface area contributed by atoms with Gasteiger partial charge in [-0.25, -0.2) is 0 Å². The lowest BCUT2D eigenvalue weighted by Crippen LogP contribution is -2.39. The summed E-state index contributed by atoms with van der Waals surface area (Å²) >= 11 is 0. The van der Waals surface area contributed by atoms with Crippen molar-refractivity contribution >= 4 is 0 Å². The normalized spacial score (nSPS) is 24.8. The number of nitrogens with zero attached hydrogens (tertiary/aromatic N) is 3. The minimum absolute atomic E-state index is 0.723. The highest BCUT2D eigenvalue weighted by Gasteiger charge is 2.33. The minimum atomic E-state index is 0.723. The number of aromatic nitrogens is 2. The van der Waals surface area contributed by atoms with E-state index in [-0.39, 0.29) is 0 Å². The molecule has 2 fully saturated rings. The summed E-state index contributed by atoms with van der Waals surface area (Å²) in [6.45, 7) is 10.0. The van der Waals surface area contributed by atoms with Crippen LogP contribution in [0.25, 0.3) is 0 Å². The van der Waals surface area contributed by atoms with Gasteiger partial charge in [0.15, 0.2) is 0 Å². The highest BCUT2D eigenvalue weighted by molar-refractivity contribution is 5.10. The van der Waals surface area contributed by atoms with E-state index in [0.29, 0.717) is 0 Å². The lowest BCUT2D eigenvalue weighted by atomic mass is 10.1. The van der Waals surface area contributed by atoms with Crippen LogP contribution in [0.3, 0.4) is 0 Å². The summed E-state index contributed by atoms with van der Waals surface area (Å²) in [6, 6.07) is 3.02. The van der Waals surface area contributed by atoms with Crippen molar-refractivity contribution in [1.82, 2.24) is 20.0 Å². The maximum absolute atomic E-state index is 4.68. The zero-order valence-electron chi connectivity index (χ0n) is 12.9. The molecule has 1 saturated heterocycles. The Hall–Kier alpha value is -0.870. The van der Waals surface area contributed by atoms with Gasteiger partial charge in [0.05, 0.1) is 11.4 Å². The highest BCUT2D eigenvalue weighted by atomic mass is 15.3. The van der Waals surface area contributed by atoms with Crippen LogP contribution in [-0.4, -0.2) is 40.4 Å². The topological polar surface area (TPSA) is 33.1 Å². The van der Waals surface area contributed by atoms with Crippen LogP contribution >= 0.6 is 0 Å². The third-order valence-electron chi connectivity index (χ3n) is 4.66. The fourth-order valence-corrected chi connectivity index (χ4v) is 3.30. The van der Waals surface area contributed by atoms with Gasteiger partial charge in [-0.1, -0.05) is 6.92 Å². The summed E-state index contributed by atoms with van der Waals surface area (Å²) in [5.74, 6) is 0.942. The van der Waals surface area contributed by atoms with Gasteiger partial charge < -0.3 is 5.32 Å². The highest BCUT2D eigenvalue weighted by Crippen LogP contribution is 2.33. The molecule has 2 heterocycles. The number of hydrogen-bond acceptors (Lipinski definition) is 3. The third-order valence-corrected chi connectivity index (χ3v) is 4.66. The first kappa shape index (κ1) is 14.1. The first-order valence-electron chi connectivity index (χ1n) is 8.31. The maximum Gasteiger partial charge on any atom is 0.0625 e. The molecule has 4 nitrogen and oxygen atoms in total. The summed E-state index contributed by atoms with van der Waals surface area (Å²) in [6.07, 6.45) is 5.16. The van der Waals surface area contributed by atoms with Crippen LogP contribution < -0.4 is 5.32 Å². The van der Waals surface area contributed by atoms with Crippen LogP contribution in [0.15, 0.2) is 6.07 Å². The predicted octanol–water partition coefficient (Wildman–Crippen LogP) is 2.04. The fourth-order valence-electron chi connectivity index (χ4n) is 3.30. The van der Waals surface area contributed by atoms with Crippen molar-refractivity contribution in [2.24, 2.45) is 5.92 Å². The zero-order valence-corrected chi connectivity index (χ0v) is 12.9. The van der Waals surface area contributed by atoms with Crippen LogP contribution in [0.4, 0.5) is 0 Å². The Morgan fingerprint density at radius 2 is 2.20 bits per heavy atom. The molecule has 0 radical (unpaired) electrons. The van der Waals surface area contributed by atoms with Crippen molar-refractivity contribution in [1.29, 1.82) is 0 Å². The molecule has 0 bridgehead atoms. The Labute approximate surface area is 122 Å². The molecule has 1 aromatic rings. The third kappa shape index (κ3) is 3.23. The van der Waals surface area contributed by atoms with Crippen LogP contribution in [-0.2, 0) is 19.5 Å². The molecule has 1 N–H and O–H groups in total. The second-order valence-electron chi connectivity index (χ2n) is 6.28. The summed E-state index contributed by atoms with van der Waals surface area (Å²) in [5.41, 5.74) is 2.62. The Morgan fingerprint density at radius 1 is 1.35 bits per heavy atom. The van der Waals surface area contributed by atoms with Gasteiger partial charge in [0.25, 0.3) is 0 Å². The molecular formula is C16H28N4. The van der Waals surface area contributed by atoms with E-state index in [4.69, 9.17) is 0 Å². The predicted molar refractivity (Wildman–Crippen MR) is 81.7 cm³/mol. The molecule has 3 rings (SSSR count). The summed E-state index contributed by atoms with van der Waals surface area (Å²) in [7, 11) is 0. The summed E-state index contributed by atoms with van der Waals surface area (Å²) in [5, 5.41) is 8.42. The van der Waals surface area contributed by atoms with Gasteiger partial charge in [0, 0.05) is 25.7 Å². The van der Waals surface area contributed by atoms with Crippen molar-refractivity contribution < 1.29 is 0 Å². The van der Waals surface area contributed by atoms with Gasteiger partial charge in [0.2, 0.25) is 0 Å². The number of rotatable bonds is 5. The molecule has 2 aliphatic rings. The standard InChI is InChI=1S/C16H28N4/c1-3-14-10-15(20(4-2)18-14)11-19-9-5-8-17-16(12-19)13-6-7-13/h10,13,16-17H,3-9,11-12H2,1-2H3. The lowest BCUT2D eigenvalue weighted by Gasteiger charge is -2.24. The average molecular weight is 276 g/mol. The quantitative estimate of drug-likeness (QED) is 0.893. The average Bonchev–Trinajstić information content (AvgIpc) is 3.24. The van der Waals surface area contributed by atoms with Gasteiger partial charge in [-0.15, -0.1) is 0 Å². The van der Waals surface area contributed by atoms with Gasteiger partial charge in [-0.3, -0.25) is 9.58 Å². The number of aryl methyl sites for hydroxylation is 2. The Balaban J connectivity index is 1.67. The lowest BCUT2D eigenvalue weighted by molar-refractivity contribution is 0.244. The molecule has 1 aromatic heterocycles. The van der Waals surface area contributed by atoms with Gasteiger partial charge in [-0.05, 0) is 57.7 Å². The van der Waals surface area contributed by atoms with Crippen molar-refractivity contribution in [3.63, 3.8) is 0 Å². The molecule has 1 saturated carbocycles. The second-order valence-corrected chi connectivity index (χ2v) is 6.28. The van der Waals surface area contributed by atoms with E-state index in [9.17, 15) is 0 Å². The van der Waals surface area contributed by atoms with E-state index >= 15 is 0 Å². The molecule has 1 aliphatic heterocycles. The van der Waals surface area contributed by atoms with Crippen LogP contribution in [0.5, 0.6) is 0 Å². The van der Waals surface area contributed by atoms with Crippen molar-refractivity contribution in [3.8, 4) is 0 Å².